The molecule has 0 unspecified atom stereocenters. The smallest absolute Gasteiger partial charge is 0.158 e. The predicted molar refractivity (Wildman–Crippen MR) is 79.5 cm³/mol. The summed E-state index contributed by atoms with van der Waals surface area (Å²) in [6, 6.07) is 1.95. The molecule has 1 aromatic rings. The van der Waals surface area contributed by atoms with E-state index < -0.39 is 0 Å². The van der Waals surface area contributed by atoms with E-state index in [1.54, 1.807) is 7.11 Å². The molecule has 5 nitrogen and oxygen atoms in total. The Balaban J connectivity index is 2.54. The van der Waals surface area contributed by atoms with Gasteiger partial charge in [-0.05, 0) is 13.3 Å². The highest BCUT2D eigenvalue weighted by Gasteiger charge is 2.03. The number of hydrogen-bond acceptors (Lipinski definition) is 5. The standard InChI is InChI=1S/C14H26N4O/c1-4-6-7-8-9-16-13-10-12(15-5-2)17-14(18-13)11-19-3/h10H,4-9,11H2,1-3H3,(H2,15,16,17,18). The number of nitrogens with one attached hydrogen (secondary N) is 2. The van der Waals surface area contributed by atoms with Gasteiger partial charge in [0.1, 0.15) is 18.2 Å². The Morgan fingerprint density at radius 3 is 2.42 bits per heavy atom. The van der Waals surface area contributed by atoms with Crippen LogP contribution in [-0.4, -0.2) is 30.2 Å². The van der Waals surface area contributed by atoms with Crippen molar-refractivity contribution in [1.29, 1.82) is 0 Å². The molecule has 0 bridgehead atoms. The Morgan fingerprint density at radius 1 is 1.05 bits per heavy atom. The molecule has 108 valence electrons. The highest BCUT2D eigenvalue weighted by molar-refractivity contribution is 5.47. The van der Waals surface area contributed by atoms with E-state index in [0.29, 0.717) is 12.4 Å². The fraction of sp³-hybridized carbons (Fsp3) is 0.714. The van der Waals surface area contributed by atoms with E-state index >= 15 is 0 Å². The second-order valence-electron chi connectivity index (χ2n) is 4.51. The molecule has 0 saturated carbocycles. The van der Waals surface area contributed by atoms with Crippen molar-refractivity contribution in [3.63, 3.8) is 0 Å². The number of nitrogens with zero attached hydrogens (tertiary/aromatic N) is 2. The third-order valence-electron chi connectivity index (χ3n) is 2.74. The molecule has 0 aromatic carbocycles. The molecule has 1 rings (SSSR count). The molecule has 0 amide bonds. The zero-order valence-corrected chi connectivity index (χ0v) is 12.3. The maximum Gasteiger partial charge on any atom is 0.158 e. The van der Waals surface area contributed by atoms with Crippen molar-refractivity contribution < 1.29 is 4.74 Å². The minimum Gasteiger partial charge on any atom is -0.377 e. The maximum atomic E-state index is 5.09. The van der Waals surface area contributed by atoms with Crippen molar-refractivity contribution in [2.24, 2.45) is 0 Å². The summed E-state index contributed by atoms with van der Waals surface area (Å²) in [6.07, 6.45) is 4.99. The molecule has 5 heteroatoms. The molecule has 0 saturated heterocycles. The fourth-order valence-electron chi connectivity index (χ4n) is 1.82. The lowest BCUT2D eigenvalue weighted by Gasteiger charge is -2.10. The second kappa shape index (κ2) is 9.55. The lowest BCUT2D eigenvalue weighted by molar-refractivity contribution is 0.178. The van der Waals surface area contributed by atoms with Crippen LogP contribution in [0.25, 0.3) is 0 Å². The van der Waals surface area contributed by atoms with Gasteiger partial charge in [0.25, 0.3) is 0 Å². The van der Waals surface area contributed by atoms with Crippen LogP contribution in [0, 0.1) is 0 Å². The molecule has 1 heterocycles. The summed E-state index contributed by atoms with van der Waals surface area (Å²) in [5.41, 5.74) is 0. The van der Waals surface area contributed by atoms with Gasteiger partial charge in [0.15, 0.2) is 5.82 Å². The molecule has 2 N–H and O–H groups in total. The zero-order valence-electron chi connectivity index (χ0n) is 12.3. The fourth-order valence-corrected chi connectivity index (χ4v) is 1.82. The van der Waals surface area contributed by atoms with Crippen molar-refractivity contribution in [2.45, 2.75) is 46.1 Å². The van der Waals surface area contributed by atoms with Crippen LogP contribution in [0.3, 0.4) is 0 Å². The quantitative estimate of drug-likeness (QED) is 0.637. The SMILES string of the molecule is CCCCCCNc1cc(NCC)nc(COC)n1. The van der Waals surface area contributed by atoms with Gasteiger partial charge in [-0.25, -0.2) is 9.97 Å². The highest BCUT2D eigenvalue weighted by Crippen LogP contribution is 2.12. The molecule has 0 aliphatic rings. The Kier molecular flexibility index (Phi) is 7.89. The van der Waals surface area contributed by atoms with Crippen molar-refractivity contribution in [2.75, 3.05) is 30.8 Å². The number of ether oxygens (including phenoxy) is 1. The number of hydrogen-bond donors (Lipinski definition) is 2. The van der Waals surface area contributed by atoms with E-state index in [1.165, 1.54) is 25.7 Å². The Morgan fingerprint density at radius 2 is 1.79 bits per heavy atom. The predicted octanol–water partition coefficient (Wildman–Crippen LogP) is 3.05. The normalized spacial score (nSPS) is 10.5. The lowest BCUT2D eigenvalue weighted by Crippen LogP contribution is -2.09. The van der Waals surface area contributed by atoms with E-state index in [9.17, 15) is 0 Å². The summed E-state index contributed by atoms with van der Waals surface area (Å²) in [7, 11) is 1.65. The summed E-state index contributed by atoms with van der Waals surface area (Å²) < 4.78 is 5.09. The third-order valence-corrected chi connectivity index (χ3v) is 2.74. The van der Waals surface area contributed by atoms with Crippen molar-refractivity contribution >= 4 is 11.6 Å². The van der Waals surface area contributed by atoms with Gasteiger partial charge in [0, 0.05) is 26.3 Å². The molecule has 0 fully saturated rings. The molecule has 1 aromatic heterocycles. The van der Waals surface area contributed by atoms with Crippen LogP contribution in [0.2, 0.25) is 0 Å². The van der Waals surface area contributed by atoms with E-state index in [0.717, 1.165) is 24.7 Å². The largest absolute Gasteiger partial charge is 0.377 e. The number of aromatic nitrogens is 2. The summed E-state index contributed by atoms with van der Waals surface area (Å²) >= 11 is 0. The molecule has 19 heavy (non-hydrogen) atoms. The van der Waals surface area contributed by atoms with E-state index in [-0.39, 0.29) is 0 Å². The van der Waals surface area contributed by atoms with Gasteiger partial charge < -0.3 is 15.4 Å². The molecule has 0 spiro atoms. The van der Waals surface area contributed by atoms with Gasteiger partial charge in [0.05, 0.1) is 0 Å². The first-order valence-electron chi connectivity index (χ1n) is 7.14. The summed E-state index contributed by atoms with van der Waals surface area (Å²) in [6.45, 7) is 6.51. The molecular formula is C14H26N4O. The van der Waals surface area contributed by atoms with Gasteiger partial charge in [-0.15, -0.1) is 0 Å². The topological polar surface area (TPSA) is 59.1 Å². The first-order chi connectivity index (χ1) is 9.30. The molecule has 0 radical (unpaired) electrons. The molecular weight excluding hydrogens is 240 g/mol. The highest BCUT2D eigenvalue weighted by atomic mass is 16.5. The maximum absolute atomic E-state index is 5.09. The van der Waals surface area contributed by atoms with Crippen LogP contribution >= 0.6 is 0 Å². The molecule has 0 aliphatic carbocycles. The minimum absolute atomic E-state index is 0.434. The van der Waals surface area contributed by atoms with Gasteiger partial charge in [-0.3, -0.25) is 0 Å². The van der Waals surface area contributed by atoms with Gasteiger partial charge >= 0.3 is 0 Å². The number of anilines is 2. The van der Waals surface area contributed by atoms with Gasteiger partial charge in [-0.1, -0.05) is 26.2 Å². The summed E-state index contributed by atoms with van der Waals surface area (Å²) in [4.78, 5) is 8.82. The Labute approximate surface area is 116 Å². The van der Waals surface area contributed by atoms with Crippen LogP contribution in [0.5, 0.6) is 0 Å². The average Bonchev–Trinajstić information content (AvgIpc) is 2.39. The first kappa shape index (κ1) is 15.7. The van der Waals surface area contributed by atoms with Crippen LogP contribution in [-0.2, 0) is 11.3 Å². The van der Waals surface area contributed by atoms with E-state index in [4.69, 9.17) is 4.74 Å². The van der Waals surface area contributed by atoms with Crippen LogP contribution in [0.4, 0.5) is 11.6 Å². The summed E-state index contributed by atoms with van der Waals surface area (Å²) in [5, 5.41) is 6.57. The van der Waals surface area contributed by atoms with Crippen LogP contribution in [0.1, 0.15) is 45.4 Å². The van der Waals surface area contributed by atoms with Gasteiger partial charge in [-0.2, -0.15) is 0 Å². The van der Waals surface area contributed by atoms with E-state index in [1.807, 2.05) is 6.07 Å². The number of rotatable bonds is 10. The van der Waals surface area contributed by atoms with Crippen molar-refractivity contribution in [3.05, 3.63) is 11.9 Å². The summed E-state index contributed by atoms with van der Waals surface area (Å²) in [5.74, 6) is 2.42. The van der Waals surface area contributed by atoms with E-state index in [2.05, 4.69) is 34.4 Å². The van der Waals surface area contributed by atoms with Crippen molar-refractivity contribution in [3.8, 4) is 0 Å². The molecule has 0 aliphatic heterocycles. The average molecular weight is 266 g/mol. The van der Waals surface area contributed by atoms with Crippen LogP contribution < -0.4 is 10.6 Å². The zero-order chi connectivity index (χ0) is 13.9. The monoisotopic (exact) mass is 266 g/mol. The van der Waals surface area contributed by atoms with Crippen LogP contribution in [0.15, 0.2) is 6.07 Å². The second-order valence-corrected chi connectivity index (χ2v) is 4.51. The molecule has 0 atom stereocenters. The van der Waals surface area contributed by atoms with Gasteiger partial charge in [0.2, 0.25) is 0 Å². The number of methoxy groups -OCH3 is 1. The number of unbranched alkanes of at least 4 members (excludes halogenated alkanes) is 3. The lowest BCUT2D eigenvalue weighted by atomic mass is 10.2. The minimum atomic E-state index is 0.434. The third kappa shape index (κ3) is 6.38. The Hall–Kier alpha value is -1.36. The first-order valence-corrected chi connectivity index (χ1v) is 7.14. The Bertz CT molecular complexity index is 333. The van der Waals surface area contributed by atoms with Crippen molar-refractivity contribution in [1.82, 2.24) is 9.97 Å².